The molecule has 0 saturated carbocycles. The van der Waals surface area contributed by atoms with Gasteiger partial charge in [0.15, 0.2) is 0 Å². The minimum Gasteiger partial charge on any atom is -0.325 e. The number of rotatable bonds is 10. The Labute approximate surface area is 265 Å². The first-order valence-corrected chi connectivity index (χ1v) is 15.0. The van der Waals surface area contributed by atoms with Crippen LogP contribution >= 0.6 is 23.4 Å². The van der Waals surface area contributed by atoms with Gasteiger partial charge in [-0.3, -0.25) is 14.4 Å². The monoisotopic (exact) mass is 617 g/mol. The molecule has 3 N–H and O–H groups in total. The van der Waals surface area contributed by atoms with Gasteiger partial charge in [-0.1, -0.05) is 96.5 Å². The normalized spacial score (nSPS) is 11.7. The number of anilines is 2. The van der Waals surface area contributed by atoms with Crippen molar-refractivity contribution in [1.29, 1.82) is 0 Å². The Morgan fingerprint density at radius 1 is 0.659 bits per heavy atom. The van der Waals surface area contributed by atoms with Crippen molar-refractivity contribution < 1.29 is 14.4 Å². The molecule has 0 bridgehead atoms. The van der Waals surface area contributed by atoms with Crippen LogP contribution in [-0.2, 0) is 9.59 Å². The highest BCUT2D eigenvalue weighted by molar-refractivity contribution is 8.00. The number of benzene rings is 5. The lowest BCUT2D eigenvalue weighted by Crippen LogP contribution is -2.30. The average Bonchev–Trinajstić information content (AvgIpc) is 3.05. The lowest BCUT2D eigenvalue weighted by molar-refractivity contribution is -0.116. The lowest BCUT2D eigenvalue weighted by Gasteiger charge is -2.18. The largest absolute Gasteiger partial charge is 0.325 e. The molecule has 44 heavy (non-hydrogen) atoms. The van der Waals surface area contributed by atoms with Gasteiger partial charge in [0.2, 0.25) is 5.91 Å². The van der Waals surface area contributed by atoms with E-state index < -0.39 is 17.1 Å². The van der Waals surface area contributed by atoms with E-state index in [0.717, 1.165) is 10.5 Å². The molecule has 0 radical (unpaired) electrons. The second kappa shape index (κ2) is 14.9. The molecule has 0 saturated heterocycles. The van der Waals surface area contributed by atoms with E-state index in [1.54, 1.807) is 72.8 Å². The van der Waals surface area contributed by atoms with Crippen molar-refractivity contribution in [3.05, 3.63) is 167 Å². The van der Waals surface area contributed by atoms with E-state index in [1.165, 1.54) is 11.8 Å². The van der Waals surface area contributed by atoms with Gasteiger partial charge in [0.1, 0.15) is 10.9 Å². The molecular weight excluding hydrogens is 590 g/mol. The number of carbonyl (C=O) groups excluding carboxylic acids is 3. The van der Waals surface area contributed by atoms with Crippen LogP contribution in [0.4, 0.5) is 11.4 Å². The number of amides is 3. The van der Waals surface area contributed by atoms with Gasteiger partial charge < -0.3 is 16.0 Å². The summed E-state index contributed by atoms with van der Waals surface area (Å²) in [5.74, 6) is -1.09. The van der Waals surface area contributed by atoms with E-state index >= 15 is 0 Å². The van der Waals surface area contributed by atoms with Crippen molar-refractivity contribution in [2.75, 3.05) is 10.6 Å². The molecule has 5 aromatic rings. The minimum absolute atomic E-state index is 0.0589. The molecule has 5 rings (SSSR count). The van der Waals surface area contributed by atoms with Crippen molar-refractivity contribution in [3.63, 3.8) is 0 Å². The van der Waals surface area contributed by atoms with Gasteiger partial charge in [0.05, 0.1) is 0 Å². The Morgan fingerprint density at radius 2 is 1.27 bits per heavy atom. The third kappa shape index (κ3) is 8.47. The van der Waals surface area contributed by atoms with Crippen molar-refractivity contribution in [3.8, 4) is 0 Å². The van der Waals surface area contributed by atoms with Gasteiger partial charge in [0, 0.05) is 26.9 Å². The van der Waals surface area contributed by atoms with Gasteiger partial charge in [-0.25, -0.2) is 0 Å². The zero-order chi connectivity index (χ0) is 30.7. The number of hydrogen-bond donors (Lipinski definition) is 3. The van der Waals surface area contributed by atoms with Crippen LogP contribution in [0.2, 0.25) is 5.02 Å². The maximum atomic E-state index is 13.5. The molecule has 8 heteroatoms. The van der Waals surface area contributed by atoms with Gasteiger partial charge in [0.25, 0.3) is 11.8 Å². The van der Waals surface area contributed by atoms with Crippen LogP contribution < -0.4 is 16.0 Å². The Kier molecular flexibility index (Phi) is 10.3. The molecule has 0 aliphatic carbocycles. The summed E-state index contributed by atoms with van der Waals surface area (Å²) in [5.41, 5.74) is 3.22. The molecular formula is C36H28ClN3O3S. The molecule has 1 unspecified atom stereocenters. The summed E-state index contributed by atoms with van der Waals surface area (Å²) in [5, 5.41) is 8.64. The molecule has 3 amide bonds. The molecule has 0 fully saturated rings. The first-order valence-electron chi connectivity index (χ1n) is 13.8. The van der Waals surface area contributed by atoms with Gasteiger partial charge in [-0.2, -0.15) is 0 Å². The topological polar surface area (TPSA) is 87.3 Å². The first-order chi connectivity index (χ1) is 21.4. The van der Waals surface area contributed by atoms with Crippen LogP contribution in [-0.4, -0.2) is 17.7 Å². The SMILES string of the molecule is O=C(Nc1cccc(SC(C(=O)Nc2ccccc2)c2ccccc2)c1)/C(=C/c1ccc(Cl)cc1)NC(=O)c1ccccc1. The van der Waals surface area contributed by atoms with Crippen molar-refractivity contribution in [2.45, 2.75) is 10.1 Å². The van der Waals surface area contributed by atoms with Crippen LogP contribution in [0.3, 0.4) is 0 Å². The van der Waals surface area contributed by atoms with Crippen LogP contribution in [0.25, 0.3) is 6.08 Å². The predicted octanol–water partition coefficient (Wildman–Crippen LogP) is 8.22. The third-order valence-electron chi connectivity index (χ3n) is 6.44. The van der Waals surface area contributed by atoms with Crippen molar-refractivity contribution in [2.24, 2.45) is 0 Å². The first kappa shape index (κ1) is 30.4. The van der Waals surface area contributed by atoms with Gasteiger partial charge in [-0.05, 0) is 71.8 Å². The lowest BCUT2D eigenvalue weighted by atomic mass is 10.1. The molecule has 218 valence electrons. The van der Waals surface area contributed by atoms with Crippen LogP contribution in [0, 0.1) is 0 Å². The van der Waals surface area contributed by atoms with E-state index in [4.69, 9.17) is 11.6 Å². The predicted molar refractivity (Wildman–Crippen MR) is 179 cm³/mol. The van der Waals surface area contributed by atoms with E-state index in [0.29, 0.717) is 27.5 Å². The van der Waals surface area contributed by atoms with E-state index in [1.807, 2.05) is 72.8 Å². The molecule has 0 heterocycles. The smallest absolute Gasteiger partial charge is 0.272 e. The molecule has 6 nitrogen and oxygen atoms in total. The number of halogens is 1. The molecule has 0 aromatic heterocycles. The molecule has 0 aliphatic rings. The number of nitrogens with one attached hydrogen (secondary N) is 3. The number of carbonyl (C=O) groups is 3. The Bertz CT molecular complexity index is 1760. The quantitative estimate of drug-likeness (QED) is 0.109. The minimum atomic E-state index is -0.548. The summed E-state index contributed by atoms with van der Waals surface area (Å²) in [6, 6.07) is 41.7. The highest BCUT2D eigenvalue weighted by atomic mass is 35.5. The highest BCUT2D eigenvalue weighted by Crippen LogP contribution is 2.37. The third-order valence-corrected chi connectivity index (χ3v) is 7.94. The highest BCUT2D eigenvalue weighted by Gasteiger charge is 2.23. The molecule has 5 aromatic carbocycles. The number of para-hydroxylation sites is 1. The van der Waals surface area contributed by atoms with Gasteiger partial charge >= 0.3 is 0 Å². The van der Waals surface area contributed by atoms with Crippen molar-refractivity contribution in [1.82, 2.24) is 5.32 Å². The molecule has 1 atom stereocenters. The zero-order valence-electron chi connectivity index (χ0n) is 23.4. The molecule has 0 aliphatic heterocycles. The van der Waals surface area contributed by atoms with E-state index in [9.17, 15) is 14.4 Å². The van der Waals surface area contributed by atoms with Crippen molar-refractivity contribution >= 4 is 58.5 Å². The fraction of sp³-hybridized carbons (Fsp3) is 0.0278. The Morgan fingerprint density at radius 3 is 1.95 bits per heavy atom. The summed E-state index contributed by atoms with van der Waals surface area (Å²) < 4.78 is 0. The number of thioether (sulfide) groups is 1. The van der Waals surface area contributed by atoms with Crippen LogP contribution in [0.15, 0.2) is 150 Å². The Balaban J connectivity index is 1.37. The van der Waals surface area contributed by atoms with Crippen LogP contribution in [0.1, 0.15) is 26.7 Å². The maximum absolute atomic E-state index is 13.5. The van der Waals surface area contributed by atoms with Crippen LogP contribution in [0.5, 0.6) is 0 Å². The van der Waals surface area contributed by atoms with Gasteiger partial charge in [-0.15, -0.1) is 11.8 Å². The summed E-state index contributed by atoms with van der Waals surface area (Å²) in [7, 11) is 0. The standard InChI is InChI=1S/C36H28ClN3O3S/c37-28-21-19-25(20-22-28)23-32(40-34(41)27-13-6-2-7-14-27)35(42)39-30-17-10-18-31(24-30)44-33(26-11-4-1-5-12-26)36(43)38-29-15-8-3-9-16-29/h1-24,33H,(H,38,43)(H,39,42)(H,40,41)/b32-23-. The Hall–Kier alpha value is -5.11. The summed E-state index contributed by atoms with van der Waals surface area (Å²) in [6.45, 7) is 0. The second-order valence-electron chi connectivity index (χ2n) is 9.68. The summed E-state index contributed by atoms with van der Waals surface area (Å²) >= 11 is 7.41. The summed E-state index contributed by atoms with van der Waals surface area (Å²) in [6.07, 6.45) is 1.59. The maximum Gasteiger partial charge on any atom is 0.272 e. The van der Waals surface area contributed by atoms with E-state index in [2.05, 4.69) is 16.0 Å². The molecule has 0 spiro atoms. The van der Waals surface area contributed by atoms with E-state index in [-0.39, 0.29) is 11.6 Å². The number of hydrogen-bond acceptors (Lipinski definition) is 4. The zero-order valence-corrected chi connectivity index (χ0v) is 25.0. The average molecular weight is 618 g/mol. The fourth-order valence-electron chi connectivity index (χ4n) is 4.28. The second-order valence-corrected chi connectivity index (χ2v) is 11.3. The fourth-order valence-corrected chi connectivity index (χ4v) is 5.49. The summed E-state index contributed by atoms with van der Waals surface area (Å²) in [4.78, 5) is 40.7.